The summed E-state index contributed by atoms with van der Waals surface area (Å²) in [6.07, 6.45) is 3.75. The zero-order valence-corrected chi connectivity index (χ0v) is 7.73. The van der Waals surface area contributed by atoms with Crippen LogP contribution in [0.3, 0.4) is 0 Å². The fraction of sp³-hybridized carbons (Fsp3) is 0.200. The third-order valence-corrected chi connectivity index (χ3v) is 1.88. The quantitative estimate of drug-likeness (QED) is 0.659. The van der Waals surface area contributed by atoms with E-state index in [4.69, 9.17) is 0 Å². The molecule has 0 spiro atoms. The lowest BCUT2D eigenvalue weighted by Crippen LogP contribution is -1.95. The van der Waals surface area contributed by atoms with Crippen molar-refractivity contribution in [3.8, 4) is 5.69 Å². The number of hydrogen-bond donors (Lipinski definition) is 0. The van der Waals surface area contributed by atoms with Gasteiger partial charge in [0.2, 0.25) is 0 Å². The first kappa shape index (κ1) is 7.98. The molecule has 0 saturated heterocycles. The second kappa shape index (κ2) is 3.01. The van der Waals surface area contributed by atoms with Gasteiger partial charge in [0.05, 0.1) is 17.6 Å². The predicted molar refractivity (Wildman–Crippen MR) is 50.8 cm³/mol. The number of aromatic nitrogens is 3. The van der Waals surface area contributed by atoms with Gasteiger partial charge in [-0.25, -0.2) is 4.68 Å². The Morgan fingerprint density at radius 2 is 1.92 bits per heavy atom. The largest absolute Gasteiger partial charge is 0.259 e. The smallest absolute Gasteiger partial charge is 0.0829 e. The molecule has 2 aromatic rings. The van der Waals surface area contributed by atoms with E-state index >= 15 is 0 Å². The van der Waals surface area contributed by atoms with Crippen LogP contribution in [0.4, 0.5) is 0 Å². The van der Waals surface area contributed by atoms with E-state index in [1.54, 1.807) is 0 Å². The minimum absolute atomic E-state index is 0.999. The summed E-state index contributed by atoms with van der Waals surface area (Å²) < 4.78 is 1.82. The Kier molecular flexibility index (Phi) is 1.85. The maximum absolute atomic E-state index is 4.29. The average Bonchev–Trinajstić information content (AvgIpc) is 2.53. The average molecular weight is 173 g/mol. The van der Waals surface area contributed by atoms with Gasteiger partial charge in [-0.1, -0.05) is 0 Å². The third kappa shape index (κ3) is 1.59. The number of aryl methyl sites for hydroxylation is 2. The molecule has 3 nitrogen and oxygen atoms in total. The fourth-order valence-electron chi connectivity index (χ4n) is 1.15. The zero-order valence-electron chi connectivity index (χ0n) is 7.73. The van der Waals surface area contributed by atoms with Crippen molar-refractivity contribution in [2.75, 3.05) is 0 Å². The first-order valence-electron chi connectivity index (χ1n) is 4.21. The van der Waals surface area contributed by atoms with Gasteiger partial charge in [0.1, 0.15) is 0 Å². The standard InChI is InChI=1S/C10H11N3/c1-8-3-4-10(7-11-8)13-6-5-9(2)12-13/h3-7H,1-2H3. The van der Waals surface area contributed by atoms with Gasteiger partial charge >= 0.3 is 0 Å². The Balaban J connectivity index is 2.41. The summed E-state index contributed by atoms with van der Waals surface area (Å²) in [5.41, 5.74) is 3.03. The van der Waals surface area contributed by atoms with Gasteiger partial charge in [0.25, 0.3) is 0 Å². The molecule has 3 heteroatoms. The van der Waals surface area contributed by atoms with Crippen LogP contribution in [0.25, 0.3) is 5.69 Å². The molecule has 0 fully saturated rings. The van der Waals surface area contributed by atoms with E-state index in [0.29, 0.717) is 0 Å². The van der Waals surface area contributed by atoms with Crippen LogP contribution in [-0.4, -0.2) is 14.8 Å². The first-order valence-corrected chi connectivity index (χ1v) is 4.21. The molecule has 0 radical (unpaired) electrons. The van der Waals surface area contributed by atoms with E-state index in [1.165, 1.54) is 0 Å². The zero-order chi connectivity index (χ0) is 9.26. The second-order valence-corrected chi connectivity index (χ2v) is 3.06. The first-order chi connectivity index (χ1) is 6.25. The van der Waals surface area contributed by atoms with E-state index in [1.807, 2.05) is 49.1 Å². The van der Waals surface area contributed by atoms with E-state index in [2.05, 4.69) is 10.1 Å². The molecule has 0 amide bonds. The molecule has 0 bridgehead atoms. The van der Waals surface area contributed by atoms with Gasteiger partial charge in [0.15, 0.2) is 0 Å². The molecular formula is C10H11N3. The van der Waals surface area contributed by atoms with Crippen molar-refractivity contribution in [1.29, 1.82) is 0 Å². The summed E-state index contributed by atoms with van der Waals surface area (Å²) in [6, 6.07) is 5.96. The van der Waals surface area contributed by atoms with Crippen LogP contribution in [-0.2, 0) is 0 Å². The van der Waals surface area contributed by atoms with Crippen LogP contribution >= 0.6 is 0 Å². The van der Waals surface area contributed by atoms with Crippen molar-refractivity contribution in [2.45, 2.75) is 13.8 Å². The Morgan fingerprint density at radius 1 is 1.08 bits per heavy atom. The monoisotopic (exact) mass is 173 g/mol. The topological polar surface area (TPSA) is 30.7 Å². The van der Waals surface area contributed by atoms with Crippen LogP contribution < -0.4 is 0 Å². The molecule has 0 saturated carbocycles. The molecule has 2 rings (SSSR count). The van der Waals surface area contributed by atoms with Gasteiger partial charge < -0.3 is 0 Å². The summed E-state index contributed by atoms with van der Waals surface area (Å²) in [5.74, 6) is 0. The molecule has 2 aromatic heterocycles. The normalized spacial score (nSPS) is 10.3. The summed E-state index contributed by atoms with van der Waals surface area (Å²) in [5, 5.41) is 4.29. The van der Waals surface area contributed by atoms with Crippen molar-refractivity contribution in [3.05, 3.63) is 42.0 Å². The minimum Gasteiger partial charge on any atom is -0.259 e. The van der Waals surface area contributed by atoms with Gasteiger partial charge in [-0.15, -0.1) is 0 Å². The van der Waals surface area contributed by atoms with Crippen molar-refractivity contribution < 1.29 is 0 Å². The Labute approximate surface area is 77.0 Å². The molecule has 0 atom stereocenters. The van der Waals surface area contributed by atoms with Crippen molar-refractivity contribution in [1.82, 2.24) is 14.8 Å². The van der Waals surface area contributed by atoms with Gasteiger partial charge in [0, 0.05) is 11.9 Å². The maximum Gasteiger partial charge on any atom is 0.0829 e. The van der Waals surface area contributed by atoms with Gasteiger partial charge in [-0.05, 0) is 32.0 Å². The molecular weight excluding hydrogens is 162 g/mol. The SMILES string of the molecule is Cc1ccc(-n2ccc(C)n2)cn1. The maximum atomic E-state index is 4.29. The lowest BCUT2D eigenvalue weighted by molar-refractivity contribution is 0.855. The molecule has 2 heterocycles. The van der Waals surface area contributed by atoms with Crippen LogP contribution in [0.15, 0.2) is 30.6 Å². The van der Waals surface area contributed by atoms with E-state index < -0.39 is 0 Å². The number of hydrogen-bond acceptors (Lipinski definition) is 2. The highest BCUT2D eigenvalue weighted by Gasteiger charge is 1.96. The van der Waals surface area contributed by atoms with Crippen LogP contribution in [0.5, 0.6) is 0 Å². The number of rotatable bonds is 1. The van der Waals surface area contributed by atoms with E-state index in [-0.39, 0.29) is 0 Å². The van der Waals surface area contributed by atoms with Crippen LogP contribution in [0, 0.1) is 13.8 Å². The highest BCUT2D eigenvalue weighted by molar-refractivity contribution is 5.28. The molecule has 0 N–H and O–H groups in total. The Bertz CT molecular complexity index is 400. The van der Waals surface area contributed by atoms with Gasteiger partial charge in [-0.3, -0.25) is 4.98 Å². The summed E-state index contributed by atoms with van der Waals surface area (Å²) in [4.78, 5) is 4.20. The lowest BCUT2D eigenvalue weighted by Gasteiger charge is -1.99. The van der Waals surface area contributed by atoms with Crippen LogP contribution in [0.2, 0.25) is 0 Å². The molecule has 13 heavy (non-hydrogen) atoms. The minimum atomic E-state index is 0.999. The predicted octanol–water partition coefficient (Wildman–Crippen LogP) is 1.88. The van der Waals surface area contributed by atoms with Crippen molar-refractivity contribution >= 4 is 0 Å². The lowest BCUT2D eigenvalue weighted by atomic mass is 10.3. The van der Waals surface area contributed by atoms with E-state index in [9.17, 15) is 0 Å². The van der Waals surface area contributed by atoms with Crippen molar-refractivity contribution in [3.63, 3.8) is 0 Å². The fourth-order valence-corrected chi connectivity index (χ4v) is 1.15. The molecule has 0 unspecified atom stereocenters. The van der Waals surface area contributed by atoms with Crippen molar-refractivity contribution in [2.24, 2.45) is 0 Å². The van der Waals surface area contributed by atoms with Gasteiger partial charge in [-0.2, -0.15) is 5.10 Å². The molecule has 0 aromatic carbocycles. The van der Waals surface area contributed by atoms with E-state index in [0.717, 1.165) is 17.1 Å². The third-order valence-electron chi connectivity index (χ3n) is 1.88. The molecule has 0 aliphatic rings. The highest BCUT2D eigenvalue weighted by Crippen LogP contribution is 2.05. The highest BCUT2D eigenvalue weighted by atomic mass is 15.3. The molecule has 0 aliphatic heterocycles. The summed E-state index contributed by atoms with van der Waals surface area (Å²) in [7, 11) is 0. The number of pyridine rings is 1. The Morgan fingerprint density at radius 3 is 2.46 bits per heavy atom. The summed E-state index contributed by atoms with van der Waals surface area (Å²) >= 11 is 0. The summed E-state index contributed by atoms with van der Waals surface area (Å²) in [6.45, 7) is 3.94. The number of nitrogens with zero attached hydrogens (tertiary/aromatic N) is 3. The Hall–Kier alpha value is -1.64. The molecule has 66 valence electrons. The second-order valence-electron chi connectivity index (χ2n) is 3.06. The van der Waals surface area contributed by atoms with Crippen LogP contribution in [0.1, 0.15) is 11.4 Å². The molecule has 0 aliphatic carbocycles.